The van der Waals surface area contributed by atoms with Gasteiger partial charge in [-0.25, -0.2) is 9.97 Å². The Hall–Kier alpha value is -1.85. The maximum Gasteiger partial charge on any atom is 0.325 e. The van der Waals surface area contributed by atoms with Gasteiger partial charge in [0.25, 0.3) is 0 Å². The van der Waals surface area contributed by atoms with E-state index < -0.39 is 0 Å². The Morgan fingerprint density at radius 1 is 1.35 bits per heavy atom. The molecule has 6 heteroatoms. The summed E-state index contributed by atoms with van der Waals surface area (Å²) in [5.74, 6) is 0.808. The molecule has 1 aromatic rings. The van der Waals surface area contributed by atoms with Crippen LogP contribution < -0.4 is 10.1 Å². The van der Waals surface area contributed by atoms with Gasteiger partial charge >= 0.3 is 5.97 Å². The number of hydrogen-bond donors (Lipinski definition) is 1. The molecule has 1 aliphatic carbocycles. The lowest BCUT2D eigenvalue weighted by molar-refractivity contribution is -0.148. The molecule has 110 valence electrons. The number of carbonyl (C=O) groups excluding carboxylic acids is 1. The minimum atomic E-state index is -0.242. The number of hydrogen-bond acceptors (Lipinski definition) is 6. The first-order valence-electron chi connectivity index (χ1n) is 7.16. The molecule has 1 heterocycles. The van der Waals surface area contributed by atoms with Gasteiger partial charge in [0.1, 0.15) is 24.8 Å². The first-order valence-corrected chi connectivity index (χ1v) is 7.16. The van der Waals surface area contributed by atoms with Crippen LogP contribution in [0.4, 0.5) is 5.82 Å². The number of rotatable bonds is 6. The lowest BCUT2D eigenvalue weighted by atomic mass is 9.98. The molecule has 6 nitrogen and oxygen atoms in total. The molecule has 0 saturated heterocycles. The normalized spacial score (nSPS) is 15.7. The van der Waals surface area contributed by atoms with E-state index in [-0.39, 0.29) is 18.6 Å². The van der Waals surface area contributed by atoms with Gasteiger partial charge < -0.3 is 14.8 Å². The SMILES string of the molecule is CCOc1cc(NCC(=O)OC2CCCCC2)ncn1. The molecule has 0 spiro atoms. The van der Waals surface area contributed by atoms with Crippen LogP contribution in [0.1, 0.15) is 39.0 Å². The average Bonchev–Trinajstić information content (AvgIpc) is 2.47. The smallest absolute Gasteiger partial charge is 0.325 e. The van der Waals surface area contributed by atoms with Crippen molar-refractivity contribution in [2.45, 2.75) is 45.1 Å². The van der Waals surface area contributed by atoms with Crippen LogP contribution in [0.5, 0.6) is 5.88 Å². The van der Waals surface area contributed by atoms with E-state index in [4.69, 9.17) is 9.47 Å². The molecule has 0 atom stereocenters. The maximum atomic E-state index is 11.7. The monoisotopic (exact) mass is 279 g/mol. The zero-order valence-corrected chi connectivity index (χ0v) is 11.8. The molecule has 0 radical (unpaired) electrons. The van der Waals surface area contributed by atoms with Crippen molar-refractivity contribution in [3.8, 4) is 5.88 Å². The summed E-state index contributed by atoms with van der Waals surface area (Å²) in [5, 5.41) is 2.93. The zero-order chi connectivity index (χ0) is 14.2. The molecule has 1 N–H and O–H groups in total. The number of esters is 1. The Morgan fingerprint density at radius 2 is 2.15 bits per heavy atom. The quantitative estimate of drug-likeness (QED) is 0.804. The molecular formula is C14H21N3O3. The molecule has 0 bridgehead atoms. The fraction of sp³-hybridized carbons (Fsp3) is 0.643. The van der Waals surface area contributed by atoms with E-state index in [0.29, 0.717) is 18.3 Å². The third-order valence-corrected chi connectivity index (χ3v) is 3.20. The van der Waals surface area contributed by atoms with Gasteiger partial charge in [0.2, 0.25) is 5.88 Å². The van der Waals surface area contributed by atoms with Crippen molar-refractivity contribution in [2.75, 3.05) is 18.5 Å². The lowest BCUT2D eigenvalue weighted by Crippen LogP contribution is -2.25. The molecule has 2 rings (SSSR count). The molecule has 1 saturated carbocycles. The van der Waals surface area contributed by atoms with Crippen molar-refractivity contribution in [1.82, 2.24) is 9.97 Å². The van der Waals surface area contributed by atoms with Crippen molar-refractivity contribution < 1.29 is 14.3 Å². The van der Waals surface area contributed by atoms with Crippen LogP contribution in [0, 0.1) is 0 Å². The molecule has 1 aliphatic rings. The highest BCUT2D eigenvalue weighted by Crippen LogP contribution is 2.20. The van der Waals surface area contributed by atoms with E-state index in [1.807, 2.05) is 6.92 Å². The van der Waals surface area contributed by atoms with Crippen molar-refractivity contribution >= 4 is 11.8 Å². The Labute approximate surface area is 118 Å². The zero-order valence-electron chi connectivity index (χ0n) is 11.8. The summed E-state index contributed by atoms with van der Waals surface area (Å²) in [7, 11) is 0. The van der Waals surface area contributed by atoms with Crippen LogP contribution in [-0.4, -0.2) is 35.2 Å². The fourth-order valence-electron chi connectivity index (χ4n) is 2.24. The fourth-order valence-corrected chi connectivity index (χ4v) is 2.24. The Bertz CT molecular complexity index is 433. The van der Waals surface area contributed by atoms with Crippen LogP contribution in [0.15, 0.2) is 12.4 Å². The maximum absolute atomic E-state index is 11.7. The molecule has 0 unspecified atom stereocenters. The van der Waals surface area contributed by atoms with Crippen molar-refractivity contribution in [3.05, 3.63) is 12.4 Å². The highest BCUT2D eigenvalue weighted by molar-refractivity contribution is 5.74. The molecule has 1 aromatic heterocycles. The van der Waals surface area contributed by atoms with Crippen LogP contribution in [0.3, 0.4) is 0 Å². The van der Waals surface area contributed by atoms with Gasteiger partial charge in [-0.15, -0.1) is 0 Å². The summed E-state index contributed by atoms with van der Waals surface area (Å²) in [4.78, 5) is 19.7. The number of ether oxygens (including phenoxy) is 2. The minimum Gasteiger partial charge on any atom is -0.478 e. The van der Waals surface area contributed by atoms with Gasteiger partial charge in [-0.1, -0.05) is 6.42 Å². The largest absolute Gasteiger partial charge is 0.478 e. The van der Waals surface area contributed by atoms with Crippen LogP contribution in [-0.2, 0) is 9.53 Å². The van der Waals surface area contributed by atoms with E-state index in [0.717, 1.165) is 25.7 Å². The molecule has 0 aliphatic heterocycles. The van der Waals surface area contributed by atoms with Crippen LogP contribution >= 0.6 is 0 Å². The summed E-state index contributed by atoms with van der Waals surface area (Å²) in [6.07, 6.45) is 6.99. The van der Waals surface area contributed by atoms with Crippen LogP contribution in [0.25, 0.3) is 0 Å². The Morgan fingerprint density at radius 3 is 2.90 bits per heavy atom. The second-order valence-electron chi connectivity index (χ2n) is 4.78. The predicted molar refractivity (Wildman–Crippen MR) is 74.7 cm³/mol. The first-order chi connectivity index (χ1) is 9.78. The van der Waals surface area contributed by atoms with Gasteiger partial charge in [-0.2, -0.15) is 0 Å². The summed E-state index contributed by atoms with van der Waals surface area (Å²) in [6, 6.07) is 1.66. The van der Waals surface area contributed by atoms with Gasteiger partial charge in [-0.3, -0.25) is 4.79 Å². The molecule has 1 fully saturated rings. The summed E-state index contributed by atoms with van der Waals surface area (Å²) >= 11 is 0. The number of aromatic nitrogens is 2. The van der Waals surface area contributed by atoms with Gasteiger partial charge in [0, 0.05) is 6.07 Å². The van der Waals surface area contributed by atoms with E-state index in [2.05, 4.69) is 15.3 Å². The molecule has 0 amide bonds. The molecular weight excluding hydrogens is 258 g/mol. The number of carbonyl (C=O) groups is 1. The minimum absolute atomic E-state index is 0.0856. The second kappa shape index (κ2) is 7.67. The Kier molecular flexibility index (Phi) is 5.58. The van der Waals surface area contributed by atoms with Gasteiger partial charge in [0.15, 0.2) is 0 Å². The van der Waals surface area contributed by atoms with Gasteiger partial charge in [-0.05, 0) is 32.6 Å². The number of nitrogens with zero attached hydrogens (tertiary/aromatic N) is 2. The lowest BCUT2D eigenvalue weighted by Gasteiger charge is -2.21. The second-order valence-corrected chi connectivity index (χ2v) is 4.78. The number of nitrogens with one attached hydrogen (secondary N) is 1. The van der Waals surface area contributed by atoms with Crippen molar-refractivity contribution in [3.63, 3.8) is 0 Å². The van der Waals surface area contributed by atoms with Crippen molar-refractivity contribution in [1.29, 1.82) is 0 Å². The topological polar surface area (TPSA) is 73.3 Å². The first kappa shape index (κ1) is 14.6. The summed E-state index contributed by atoms with van der Waals surface area (Å²) in [5.41, 5.74) is 0. The predicted octanol–water partition coefficient (Wildman–Crippen LogP) is 2.16. The van der Waals surface area contributed by atoms with E-state index >= 15 is 0 Å². The molecule has 0 aromatic carbocycles. The standard InChI is InChI=1S/C14H21N3O3/c1-2-19-13-8-12(16-10-17-13)15-9-14(18)20-11-6-4-3-5-7-11/h8,10-11H,2-7,9H2,1H3,(H,15,16,17). The van der Waals surface area contributed by atoms with E-state index in [1.54, 1.807) is 6.07 Å². The van der Waals surface area contributed by atoms with Gasteiger partial charge in [0.05, 0.1) is 6.61 Å². The third-order valence-electron chi connectivity index (χ3n) is 3.20. The summed E-state index contributed by atoms with van der Waals surface area (Å²) in [6.45, 7) is 2.54. The molecule has 20 heavy (non-hydrogen) atoms. The van der Waals surface area contributed by atoms with Crippen LogP contribution in [0.2, 0.25) is 0 Å². The van der Waals surface area contributed by atoms with E-state index in [1.165, 1.54) is 12.7 Å². The number of anilines is 1. The Balaban J connectivity index is 1.76. The highest BCUT2D eigenvalue weighted by atomic mass is 16.5. The third kappa shape index (κ3) is 4.68. The summed E-state index contributed by atoms with van der Waals surface area (Å²) < 4.78 is 10.7. The average molecular weight is 279 g/mol. The van der Waals surface area contributed by atoms with E-state index in [9.17, 15) is 4.79 Å². The highest BCUT2D eigenvalue weighted by Gasteiger charge is 2.17. The van der Waals surface area contributed by atoms with Crippen molar-refractivity contribution in [2.24, 2.45) is 0 Å².